The van der Waals surface area contributed by atoms with Crippen LogP contribution >= 0.6 is 23.2 Å². The molecule has 0 spiro atoms. The molecule has 1 aliphatic rings. The van der Waals surface area contributed by atoms with Gasteiger partial charge in [0.2, 0.25) is 0 Å². The molecule has 6 heteroatoms. The minimum atomic E-state index is -0.209. The fourth-order valence-electron chi connectivity index (χ4n) is 1.33. The summed E-state index contributed by atoms with van der Waals surface area (Å²) in [7, 11) is 0. The molecular formula is C10H9Cl2N3O. The topological polar surface area (TPSA) is 44.7 Å². The Labute approximate surface area is 103 Å². The monoisotopic (exact) mass is 257 g/mol. The fraction of sp³-hybridized carbons (Fsp3) is 0.200. The highest BCUT2D eigenvalue weighted by Gasteiger charge is 2.18. The molecule has 0 unspecified atom stereocenters. The van der Waals surface area contributed by atoms with Gasteiger partial charge in [0.1, 0.15) is 0 Å². The number of hydrogen-bond donors (Lipinski definition) is 1. The summed E-state index contributed by atoms with van der Waals surface area (Å²) in [4.78, 5) is 11.2. The predicted octanol–water partition coefficient (Wildman–Crippen LogP) is 2.35. The van der Waals surface area contributed by atoms with E-state index in [1.54, 1.807) is 18.2 Å². The summed E-state index contributed by atoms with van der Waals surface area (Å²) >= 11 is 11.9. The molecule has 84 valence electrons. The van der Waals surface area contributed by atoms with Gasteiger partial charge in [-0.3, -0.25) is 0 Å². The van der Waals surface area contributed by atoms with Crippen LogP contribution in [0.3, 0.4) is 0 Å². The molecule has 0 atom stereocenters. The van der Waals surface area contributed by atoms with Gasteiger partial charge in [-0.05, 0) is 12.1 Å². The van der Waals surface area contributed by atoms with E-state index in [9.17, 15) is 4.79 Å². The summed E-state index contributed by atoms with van der Waals surface area (Å²) in [5.41, 5.74) is 0.616. The van der Waals surface area contributed by atoms with Gasteiger partial charge in [-0.15, -0.1) is 0 Å². The first-order chi connectivity index (χ1) is 7.68. The van der Waals surface area contributed by atoms with Crippen molar-refractivity contribution in [2.24, 2.45) is 5.10 Å². The van der Waals surface area contributed by atoms with E-state index in [0.29, 0.717) is 28.7 Å². The molecule has 4 nitrogen and oxygen atoms in total. The maximum absolute atomic E-state index is 11.2. The van der Waals surface area contributed by atoms with Gasteiger partial charge in [0.05, 0.1) is 22.8 Å². The maximum atomic E-state index is 11.2. The lowest BCUT2D eigenvalue weighted by atomic mass is 10.2. The Balaban J connectivity index is 2.20. The zero-order valence-electron chi connectivity index (χ0n) is 8.28. The Kier molecular flexibility index (Phi) is 3.31. The average Bonchev–Trinajstić information content (AvgIpc) is 2.64. The molecule has 1 heterocycles. The molecule has 1 fully saturated rings. The van der Waals surface area contributed by atoms with Gasteiger partial charge in [0, 0.05) is 12.1 Å². The van der Waals surface area contributed by atoms with Crippen LogP contribution in [0.5, 0.6) is 0 Å². The molecule has 1 aliphatic heterocycles. The second-order valence-electron chi connectivity index (χ2n) is 3.23. The summed E-state index contributed by atoms with van der Waals surface area (Å²) in [5, 5.41) is 9.02. The summed E-state index contributed by atoms with van der Waals surface area (Å²) in [6, 6.07) is 4.99. The average molecular weight is 258 g/mol. The highest BCUT2D eigenvalue weighted by Crippen LogP contribution is 2.22. The van der Waals surface area contributed by atoms with Crippen molar-refractivity contribution in [3.63, 3.8) is 0 Å². The largest absolute Gasteiger partial charge is 0.337 e. The van der Waals surface area contributed by atoms with Crippen molar-refractivity contribution in [3.05, 3.63) is 33.8 Å². The van der Waals surface area contributed by atoms with Gasteiger partial charge in [-0.25, -0.2) is 9.80 Å². The van der Waals surface area contributed by atoms with Crippen LogP contribution in [0.25, 0.3) is 0 Å². The third kappa shape index (κ3) is 2.28. The Morgan fingerprint density at radius 2 is 2.06 bits per heavy atom. The van der Waals surface area contributed by atoms with Gasteiger partial charge >= 0.3 is 6.03 Å². The van der Waals surface area contributed by atoms with Crippen molar-refractivity contribution >= 4 is 35.4 Å². The zero-order valence-corrected chi connectivity index (χ0v) is 9.79. The van der Waals surface area contributed by atoms with E-state index in [1.165, 1.54) is 11.2 Å². The van der Waals surface area contributed by atoms with E-state index >= 15 is 0 Å². The van der Waals surface area contributed by atoms with Crippen molar-refractivity contribution in [2.45, 2.75) is 0 Å². The Hall–Kier alpha value is -1.26. The third-order valence-corrected chi connectivity index (χ3v) is 2.82. The highest BCUT2D eigenvalue weighted by atomic mass is 35.5. The SMILES string of the molecule is O=C1NCCN1/N=C/c1c(Cl)cccc1Cl. The molecule has 16 heavy (non-hydrogen) atoms. The van der Waals surface area contributed by atoms with Gasteiger partial charge in [0.15, 0.2) is 0 Å². The van der Waals surface area contributed by atoms with E-state index in [2.05, 4.69) is 10.4 Å². The number of benzene rings is 1. The molecule has 1 aromatic carbocycles. The molecule has 0 saturated carbocycles. The molecule has 0 radical (unpaired) electrons. The molecule has 1 saturated heterocycles. The number of nitrogens with one attached hydrogen (secondary N) is 1. The van der Waals surface area contributed by atoms with E-state index < -0.39 is 0 Å². The second-order valence-corrected chi connectivity index (χ2v) is 4.05. The van der Waals surface area contributed by atoms with Crippen LogP contribution in [0.1, 0.15) is 5.56 Å². The smallest absolute Gasteiger partial charge is 0.335 e. The van der Waals surface area contributed by atoms with Crippen molar-refractivity contribution in [2.75, 3.05) is 13.1 Å². The first-order valence-electron chi connectivity index (χ1n) is 4.72. The lowest BCUT2D eigenvalue weighted by Crippen LogP contribution is -2.23. The molecule has 2 amide bonds. The van der Waals surface area contributed by atoms with Gasteiger partial charge in [0.25, 0.3) is 0 Å². The first-order valence-corrected chi connectivity index (χ1v) is 5.47. The Morgan fingerprint density at radius 3 is 2.62 bits per heavy atom. The Morgan fingerprint density at radius 1 is 1.38 bits per heavy atom. The van der Waals surface area contributed by atoms with Crippen LogP contribution in [-0.4, -0.2) is 30.3 Å². The van der Waals surface area contributed by atoms with Crippen LogP contribution in [0, 0.1) is 0 Å². The first kappa shape index (κ1) is 11.2. The molecule has 2 rings (SSSR count). The Bertz CT molecular complexity index is 427. The van der Waals surface area contributed by atoms with Crippen LogP contribution in [0.2, 0.25) is 10.0 Å². The fourth-order valence-corrected chi connectivity index (χ4v) is 1.83. The zero-order chi connectivity index (χ0) is 11.5. The van der Waals surface area contributed by atoms with Crippen LogP contribution in [-0.2, 0) is 0 Å². The minimum absolute atomic E-state index is 0.209. The molecule has 0 aromatic heterocycles. The molecule has 1 N–H and O–H groups in total. The predicted molar refractivity (Wildman–Crippen MR) is 64.2 cm³/mol. The van der Waals surface area contributed by atoms with E-state index in [-0.39, 0.29) is 6.03 Å². The number of halogens is 2. The van der Waals surface area contributed by atoms with Crippen LogP contribution < -0.4 is 5.32 Å². The number of nitrogens with zero attached hydrogens (tertiary/aromatic N) is 2. The number of rotatable bonds is 2. The number of hydrogen-bond acceptors (Lipinski definition) is 2. The maximum Gasteiger partial charge on any atom is 0.337 e. The summed E-state index contributed by atoms with van der Waals surface area (Å²) in [5.74, 6) is 0. The van der Waals surface area contributed by atoms with Crippen molar-refractivity contribution in [1.82, 2.24) is 10.3 Å². The normalized spacial score (nSPS) is 15.9. The van der Waals surface area contributed by atoms with E-state index in [0.717, 1.165) is 0 Å². The quantitative estimate of drug-likeness (QED) is 0.813. The lowest BCUT2D eigenvalue weighted by molar-refractivity contribution is 0.219. The molecule has 0 aliphatic carbocycles. The summed E-state index contributed by atoms with van der Waals surface area (Å²) in [6.07, 6.45) is 1.50. The molecular weight excluding hydrogens is 249 g/mol. The third-order valence-electron chi connectivity index (χ3n) is 2.16. The van der Waals surface area contributed by atoms with E-state index in [1.807, 2.05) is 0 Å². The molecule has 1 aromatic rings. The minimum Gasteiger partial charge on any atom is -0.335 e. The lowest BCUT2D eigenvalue weighted by Gasteiger charge is -2.06. The van der Waals surface area contributed by atoms with Gasteiger partial charge in [-0.2, -0.15) is 5.10 Å². The highest BCUT2D eigenvalue weighted by molar-refractivity contribution is 6.38. The number of carbonyl (C=O) groups excluding carboxylic acids is 1. The van der Waals surface area contributed by atoms with Crippen molar-refractivity contribution in [1.29, 1.82) is 0 Å². The number of amides is 2. The number of carbonyl (C=O) groups is 1. The van der Waals surface area contributed by atoms with Crippen LogP contribution in [0.4, 0.5) is 4.79 Å². The summed E-state index contributed by atoms with van der Waals surface area (Å²) < 4.78 is 0. The second kappa shape index (κ2) is 4.72. The van der Waals surface area contributed by atoms with E-state index in [4.69, 9.17) is 23.2 Å². The van der Waals surface area contributed by atoms with Crippen molar-refractivity contribution < 1.29 is 4.79 Å². The number of urea groups is 1. The molecule has 0 bridgehead atoms. The van der Waals surface area contributed by atoms with Gasteiger partial charge in [-0.1, -0.05) is 29.3 Å². The van der Waals surface area contributed by atoms with Gasteiger partial charge < -0.3 is 5.32 Å². The number of hydrazone groups is 1. The van der Waals surface area contributed by atoms with Crippen LogP contribution in [0.15, 0.2) is 23.3 Å². The standard InChI is InChI=1S/C10H9Cl2N3O/c11-8-2-1-3-9(12)7(8)6-14-15-5-4-13-10(15)16/h1-3,6H,4-5H2,(H,13,16)/b14-6+. The summed E-state index contributed by atoms with van der Waals surface area (Å²) in [6.45, 7) is 1.16. The van der Waals surface area contributed by atoms with Crippen molar-refractivity contribution in [3.8, 4) is 0 Å².